The van der Waals surface area contributed by atoms with Crippen molar-refractivity contribution < 1.29 is 9.53 Å². The maximum atomic E-state index is 12.1. The number of hydrogen-bond acceptors (Lipinski definition) is 4. The fraction of sp³-hybridized carbons (Fsp3) is 0.462. The summed E-state index contributed by atoms with van der Waals surface area (Å²) < 4.78 is 5.39. The number of hydrogen-bond donors (Lipinski definition) is 2. The van der Waals surface area contributed by atoms with Gasteiger partial charge in [0.15, 0.2) is 0 Å². The number of nitrogen functional groups attached to an aromatic ring is 1. The minimum atomic E-state index is -0.442. The van der Waals surface area contributed by atoms with E-state index in [1.807, 2.05) is 11.8 Å². The van der Waals surface area contributed by atoms with Crippen molar-refractivity contribution in [2.45, 2.75) is 13.0 Å². The molecule has 0 bridgehead atoms. The Balaban J connectivity index is 2.35. The number of likely N-dealkylation sites (N-methyl/N-ethyl adjacent to an activating group) is 1. The van der Waals surface area contributed by atoms with E-state index < -0.39 is 6.04 Å². The van der Waals surface area contributed by atoms with Crippen LogP contribution in [0.15, 0.2) is 12.1 Å². The Labute approximate surface area is 128 Å². The Morgan fingerprint density at radius 3 is 2.75 bits per heavy atom. The predicted octanol–water partition coefficient (Wildman–Crippen LogP) is 1.92. The summed E-state index contributed by atoms with van der Waals surface area (Å²) in [5, 5.41) is 3.67. The SMILES string of the molecule is CCNC(=O)C1COCCN1c1c(Cl)cc(N)cc1Cl. The van der Waals surface area contributed by atoms with Gasteiger partial charge in [-0.25, -0.2) is 0 Å². The summed E-state index contributed by atoms with van der Waals surface area (Å²) in [5.41, 5.74) is 6.83. The normalized spacial score (nSPS) is 18.9. The Hall–Kier alpha value is -1.17. The van der Waals surface area contributed by atoms with Gasteiger partial charge >= 0.3 is 0 Å². The van der Waals surface area contributed by atoms with Gasteiger partial charge in [0.25, 0.3) is 0 Å². The lowest BCUT2D eigenvalue weighted by Gasteiger charge is -2.37. The number of nitrogens with two attached hydrogens (primary N) is 1. The summed E-state index contributed by atoms with van der Waals surface area (Å²) in [6.07, 6.45) is 0. The van der Waals surface area contributed by atoms with E-state index in [2.05, 4.69) is 5.32 Å². The number of anilines is 2. The molecule has 0 radical (unpaired) electrons. The van der Waals surface area contributed by atoms with E-state index in [1.165, 1.54) is 0 Å². The molecule has 7 heteroatoms. The zero-order chi connectivity index (χ0) is 14.7. The van der Waals surface area contributed by atoms with Crippen molar-refractivity contribution in [1.29, 1.82) is 0 Å². The van der Waals surface area contributed by atoms with Crippen molar-refractivity contribution in [2.24, 2.45) is 0 Å². The van der Waals surface area contributed by atoms with Crippen molar-refractivity contribution in [1.82, 2.24) is 5.32 Å². The number of carbonyl (C=O) groups excluding carboxylic acids is 1. The highest BCUT2D eigenvalue weighted by Crippen LogP contribution is 2.37. The highest BCUT2D eigenvalue weighted by Gasteiger charge is 2.31. The van der Waals surface area contributed by atoms with Crippen molar-refractivity contribution in [2.75, 3.05) is 36.9 Å². The van der Waals surface area contributed by atoms with Gasteiger partial charge < -0.3 is 20.7 Å². The zero-order valence-corrected chi connectivity index (χ0v) is 12.7. The second-order valence-electron chi connectivity index (χ2n) is 4.51. The Bertz CT molecular complexity index is 487. The smallest absolute Gasteiger partial charge is 0.245 e. The quantitative estimate of drug-likeness (QED) is 0.836. The number of carbonyl (C=O) groups is 1. The monoisotopic (exact) mass is 317 g/mol. The van der Waals surface area contributed by atoms with Crippen LogP contribution in [-0.2, 0) is 9.53 Å². The van der Waals surface area contributed by atoms with Crippen LogP contribution in [0, 0.1) is 0 Å². The molecule has 1 aliphatic rings. The minimum absolute atomic E-state index is 0.101. The molecule has 0 saturated carbocycles. The second kappa shape index (κ2) is 6.52. The van der Waals surface area contributed by atoms with E-state index in [0.717, 1.165) is 0 Å². The van der Waals surface area contributed by atoms with Gasteiger partial charge in [-0.2, -0.15) is 0 Å². The van der Waals surface area contributed by atoms with Gasteiger partial charge in [0.1, 0.15) is 6.04 Å². The number of rotatable bonds is 3. The van der Waals surface area contributed by atoms with Crippen LogP contribution in [0.5, 0.6) is 0 Å². The largest absolute Gasteiger partial charge is 0.399 e. The highest BCUT2D eigenvalue weighted by molar-refractivity contribution is 6.39. The first-order valence-corrected chi connectivity index (χ1v) is 7.16. The molecule has 1 aliphatic heterocycles. The van der Waals surface area contributed by atoms with E-state index in [0.29, 0.717) is 47.7 Å². The Kier molecular flexibility index (Phi) is 4.96. The molecule has 1 aromatic carbocycles. The molecule has 1 unspecified atom stereocenters. The fourth-order valence-corrected chi connectivity index (χ4v) is 2.96. The van der Waals surface area contributed by atoms with Gasteiger partial charge in [-0.3, -0.25) is 4.79 Å². The minimum Gasteiger partial charge on any atom is -0.399 e. The van der Waals surface area contributed by atoms with Gasteiger partial charge in [-0.05, 0) is 19.1 Å². The molecule has 20 heavy (non-hydrogen) atoms. The number of nitrogens with zero attached hydrogens (tertiary/aromatic N) is 1. The standard InChI is InChI=1S/C13H17Cl2N3O2/c1-2-17-13(19)11-7-20-4-3-18(11)12-9(14)5-8(16)6-10(12)15/h5-6,11H,2-4,7,16H2,1H3,(H,17,19). The molecule has 1 amide bonds. The van der Waals surface area contributed by atoms with Crippen LogP contribution in [-0.4, -0.2) is 38.3 Å². The third kappa shape index (κ3) is 3.11. The summed E-state index contributed by atoms with van der Waals surface area (Å²) in [5.74, 6) is -0.101. The average molecular weight is 318 g/mol. The van der Waals surface area contributed by atoms with Crippen molar-refractivity contribution >= 4 is 40.5 Å². The van der Waals surface area contributed by atoms with E-state index in [1.54, 1.807) is 12.1 Å². The molecule has 110 valence electrons. The molecule has 1 saturated heterocycles. The summed E-state index contributed by atoms with van der Waals surface area (Å²) in [4.78, 5) is 14.0. The van der Waals surface area contributed by atoms with Crippen molar-refractivity contribution in [3.05, 3.63) is 22.2 Å². The Morgan fingerprint density at radius 1 is 1.50 bits per heavy atom. The van der Waals surface area contributed by atoms with E-state index in [9.17, 15) is 4.79 Å². The fourth-order valence-electron chi connectivity index (χ4n) is 2.24. The van der Waals surface area contributed by atoms with Gasteiger partial charge in [0, 0.05) is 18.8 Å². The molecule has 0 spiro atoms. The maximum absolute atomic E-state index is 12.1. The maximum Gasteiger partial charge on any atom is 0.245 e. The van der Waals surface area contributed by atoms with Crippen LogP contribution in [0.1, 0.15) is 6.92 Å². The first-order chi connectivity index (χ1) is 9.54. The number of nitrogens with one attached hydrogen (secondary N) is 1. The lowest BCUT2D eigenvalue weighted by Crippen LogP contribution is -2.54. The van der Waals surface area contributed by atoms with Gasteiger partial charge in [0.05, 0.1) is 28.9 Å². The number of benzene rings is 1. The molecular weight excluding hydrogens is 301 g/mol. The van der Waals surface area contributed by atoms with Crippen LogP contribution in [0.4, 0.5) is 11.4 Å². The predicted molar refractivity (Wildman–Crippen MR) is 81.5 cm³/mol. The molecular formula is C13H17Cl2N3O2. The molecule has 1 heterocycles. The third-order valence-corrected chi connectivity index (χ3v) is 3.68. The second-order valence-corrected chi connectivity index (χ2v) is 5.33. The molecule has 1 atom stereocenters. The van der Waals surface area contributed by atoms with Gasteiger partial charge in [0.2, 0.25) is 5.91 Å². The molecule has 3 N–H and O–H groups in total. The van der Waals surface area contributed by atoms with Crippen molar-refractivity contribution in [3.8, 4) is 0 Å². The molecule has 1 fully saturated rings. The van der Waals surface area contributed by atoms with E-state index >= 15 is 0 Å². The van der Waals surface area contributed by atoms with Crippen molar-refractivity contribution in [3.63, 3.8) is 0 Å². The average Bonchev–Trinajstić information content (AvgIpc) is 2.38. The first kappa shape index (κ1) is 15.2. The molecule has 1 aromatic rings. The Morgan fingerprint density at radius 2 is 2.15 bits per heavy atom. The number of halogens is 2. The van der Waals surface area contributed by atoms with Gasteiger partial charge in [-0.15, -0.1) is 0 Å². The van der Waals surface area contributed by atoms with Crippen LogP contribution in [0.2, 0.25) is 10.0 Å². The zero-order valence-electron chi connectivity index (χ0n) is 11.2. The molecule has 0 aromatic heterocycles. The van der Waals surface area contributed by atoms with Gasteiger partial charge in [-0.1, -0.05) is 23.2 Å². The number of ether oxygens (including phenoxy) is 1. The lowest BCUT2D eigenvalue weighted by atomic mass is 10.1. The molecule has 0 aliphatic carbocycles. The lowest BCUT2D eigenvalue weighted by molar-refractivity contribution is -0.124. The van der Waals surface area contributed by atoms with Crippen LogP contribution >= 0.6 is 23.2 Å². The summed E-state index contributed by atoms with van der Waals surface area (Å²) in [7, 11) is 0. The summed E-state index contributed by atoms with van der Waals surface area (Å²) in [6, 6.07) is 2.82. The topological polar surface area (TPSA) is 67.6 Å². The molecule has 5 nitrogen and oxygen atoms in total. The first-order valence-electron chi connectivity index (χ1n) is 6.41. The van der Waals surface area contributed by atoms with Crippen LogP contribution in [0.3, 0.4) is 0 Å². The van der Waals surface area contributed by atoms with Crippen LogP contribution in [0.25, 0.3) is 0 Å². The highest BCUT2D eigenvalue weighted by atomic mass is 35.5. The summed E-state index contributed by atoms with van der Waals surface area (Å²) >= 11 is 12.5. The summed E-state index contributed by atoms with van der Waals surface area (Å²) in [6.45, 7) is 3.81. The van der Waals surface area contributed by atoms with Crippen LogP contribution < -0.4 is 16.0 Å². The number of morpholine rings is 1. The third-order valence-electron chi connectivity index (χ3n) is 3.11. The molecule has 2 rings (SSSR count). The number of amides is 1. The van der Waals surface area contributed by atoms with E-state index in [4.69, 9.17) is 33.7 Å². The van der Waals surface area contributed by atoms with E-state index in [-0.39, 0.29) is 5.91 Å².